The molecule has 0 radical (unpaired) electrons. The highest BCUT2D eigenvalue weighted by Gasteiger charge is 2.04. The third kappa shape index (κ3) is 4.06. The third-order valence-corrected chi connectivity index (χ3v) is 2.45. The fraction of sp³-hybridized carbons (Fsp3) is 0. The molecule has 0 bridgehead atoms. The van der Waals surface area contributed by atoms with Crippen LogP contribution < -0.4 is 10.9 Å². The van der Waals surface area contributed by atoms with Gasteiger partial charge in [0.05, 0.1) is 0 Å². The summed E-state index contributed by atoms with van der Waals surface area (Å²) in [5, 5.41) is 0. The topological polar surface area (TPSA) is 71.1 Å². The first-order valence-corrected chi connectivity index (χ1v) is 5.99. The van der Waals surface area contributed by atoms with Crippen molar-refractivity contribution in [3.05, 3.63) is 72.1 Å². The van der Waals surface area contributed by atoms with Crippen LogP contribution in [0.1, 0.15) is 15.9 Å². The highest BCUT2D eigenvalue weighted by Crippen LogP contribution is 1.98. The van der Waals surface area contributed by atoms with Crippen molar-refractivity contribution in [3.63, 3.8) is 0 Å². The molecular weight excluding hydrogens is 254 g/mol. The van der Waals surface area contributed by atoms with Crippen LogP contribution >= 0.6 is 0 Å². The fourth-order valence-electron chi connectivity index (χ4n) is 1.47. The predicted octanol–water partition coefficient (Wildman–Crippen LogP) is 1.56. The Morgan fingerprint density at radius 1 is 1.00 bits per heavy atom. The summed E-state index contributed by atoms with van der Waals surface area (Å²) in [6.45, 7) is 0. The van der Waals surface area contributed by atoms with Crippen LogP contribution in [0.5, 0.6) is 0 Å². The van der Waals surface area contributed by atoms with Gasteiger partial charge in [-0.3, -0.25) is 25.4 Å². The van der Waals surface area contributed by atoms with Crippen molar-refractivity contribution in [1.82, 2.24) is 15.8 Å². The maximum atomic E-state index is 11.7. The van der Waals surface area contributed by atoms with E-state index in [9.17, 15) is 9.59 Å². The molecule has 5 heteroatoms. The van der Waals surface area contributed by atoms with Gasteiger partial charge < -0.3 is 0 Å². The van der Waals surface area contributed by atoms with Crippen molar-refractivity contribution < 1.29 is 9.59 Å². The first kappa shape index (κ1) is 13.5. The fourth-order valence-corrected chi connectivity index (χ4v) is 1.47. The SMILES string of the molecule is O=C(/C=C/c1cccnc1)NNC(=O)c1ccccc1. The average molecular weight is 267 g/mol. The molecule has 0 unspecified atom stereocenters. The van der Waals surface area contributed by atoms with Crippen LogP contribution in [0, 0.1) is 0 Å². The summed E-state index contributed by atoms with van der Waals surface area (Å²) in [5.41, 5.74) is 5.91. The lowest BCUT2D eigenvalue weighted by atomic mass is 10.2. The van der Waals surface area contributed by atoms with E-state index >= 15 is 0 Å². The second kappa shape index (κ2) is 6.84. The molecular formula is C15H13N3O2. The van der Waals surface area contributed by atoms with Crippen LogP contribution in [0.2, 0.25) is 0 Å². The average Bonchev–Trinajstić information content (AvgIpc) is 2.52. The highest BCUT2D eigenvalue weighted by molar-refractivity contribution is 5.97. The van der Waals surface area contributed by atoms with Crippen LogP contribution in [-0.4, -0.2) is 16.8 Å². The molecule has 1 heterocycles. The van der Waals surface area contributed by atoms with Crippen molar-refractivity contribution in [2.45, 2.75) is 0 Å². The summed E-state index contributed by atoms with van der Waals surface area (Å²) in [7, 11) is 0. The van der Waals surface area contributed by atoms with E-state index in [1.165, 1.54) is 6.08 Å². The molecule has 2 rings (SSSR count). The van der Waals surface area contributed by atoms with E-state index in [4.69, 9.17) is 0 Å². The zero-order valence-electron chi connectivity index (χ0n) is 10.6. The molecule has 0 saturated carbocycles. The number of carbonyl (C=O) groups excluding carboxylic acids is 2. The number of nitrogens with one attached hydrogen (secondary N) is 2. The third-order valence-electron chi connectivity index (χ3n) is 2.45. The molecule has 5 nitrogen and oxygen atoms in total. The molecule has 0 spiro atoms. The Morgan fingerprint density at radius 3 is 2.50 bits per heavy atom. The quantitative estimate of drug-likeness (QED) is 0.655. The minimum absolute atomic E-state index is 0.367. The molecule has 0 aliphatic rings. The van der Waals surface area contributed by atoms with Gasteiger partial charge in [-0.1, -0.05) is 24.3 Å². The summed E-state index contributed by atoms with van der Waals surface area (Å²) < 4.78 is 0. The molecule has 2 amide bonds. The van der Waals surface area contributed by atoms with Gasteiger partial charge in [0.1, 0.15) is 0 Å². The summed E-state index contributed by atoms with van der Waals surface area (Å²) >= 11 is 0. The molecule has 1 aromatic carbocycles. The van der Waals surface area contributed by atoms with E-state index in [1.807, 2.05) is 12.1 Å². The Morgan fingerprint density at radius 2 is 1.80 bits per heavy atom. The molecule has 1 aromatic heterocycles. The summed E-state index contributed by atoms with van der Waals surface area (Å²) in [6.07, 6.45) is 6.21. The Balaban J connectivity index is 1.84. The number of nitrogens with zero attached hydrogens (tertiary/aromatic N) is 1. The van der Waals surface area contributed by atoms with Gasteiger partial charge in [-0.05, 0) is 29.8 Å². The minimum Gasteiger partial charge on any atom is -0.268 e. The Hall–Kier alpha value is -2.95. The van der Waals surface area contributed by atoms with Gasteiger partial charge in [0.15, 0.2) is 0 Å². The standard InChI is InChI=1S/C15H13N3O2/c19-14(9-8-12-5-4-10-16-11-12)17-18-15(20)13-6-2-1-3-7-13/h1-11H,(H,17,19)(H,18,20)/b9-8+. The number of hydrazine groups is 1. The number of benzene rings is 1. The van der Waals surface area contributed by atoms with Crippen molar-refractivity contribution in [3.8, 4) is 0 Å². The first-order valence-electron chi connectivity index (χ1n) is 5.99. The van der Waals surface area contributed by atoms with E-state index in [0.717, 1.165) is 5.56 Å². The maximum absolute atomic E-state index is 11.7. The monoisotopic (exact) mass is 267 g/mol. The second-order valence-corrected chi connectivity index (χ2v) is 3.93. The van der Waals surface area contributed by atoms with Gasteiger partial charge in [0.25, 0.3) is 11.8 Å². The number of pyridine rings is 1. The maximum Gasteiger partial charge on any atom is 0.269 e. The molecule has 0 saturated heterocycles. The number of hydrogen-bond donors (Lipinski definition) is 2. The van der Waals surface area contributed by atoms with Crippen LogP contribution in [0.3, 0.4) is 0 Å². The molecule has 0 atom stereocenters. The van der Waals surface area contributed by atoms with Crippen LogP contribution in [0.15, 0.2) is 60.9 Å². The molecule has 100 valence electrons. The van der Waals surface area contributed by atoms with Gasteiger partial charge in [-0.25, -0.2) is 0 Å². The van der Waals surface area contributed by atoms with Crippen molar-refractivity contribution in [2.24, 2.45) is 0 Å². The van der Waals surface area contributed by atoms with Crippen LogP contribution in [0.4, 0.5) is 0 Å². The highest BCUT2D eigenvalue weighted by atomic mass is 16.2. The summed E-state index contributed by atoms with van der Waals surface area (Å²) in [4.78, 5) is 27.1. The minimum atomic E-state index is -0.418. The van der Waals surface area contributed by atoms with E-state index in [2.05, 4.69) is 15.8 Å². The van der Waals surface area contributed by atoms with E-state index in [1.54, 1.807) is 48.8 Å². The van der Waals surface area contributed by atoms with Crippen molar-refractivity contribution >= 4 is 17.9 Å². The lowest BCUT2D eigenvalue weighted by molar-refractivity contribution is -0.117. The number of hydrogen-bond acceptors (Lipinski definition) is 3. The van der Waals surface area contributed by atoms with Crippen LogP contribution in [0.25, 0.3) is 6.08 Å². The normalized spacial score (nSPS) is 10.2. The van der Waals surface area contributed by atoms with Gasteiger partial charge in [-0.15, -0.1) is 0 Å². The Kier molecular flexibility index (Phi) is 4.61. The molecule has 0 aliphatic heterocycles. The van der Waals surface area contributed by atoms with E-state index in [0.29, 0.717) is 5.56 Å². The predicted molar refractivity (Wildman–Crippen MR) is 75.3 cm³/mol. The van der Waals surface area contributed by atoms with Crippen molar-refractivity contribution in [1.29, 1.82) is 0 Å². The van der Waals surface area contributed by atoms with E-state index in [-0.39, 0.29) is 5.91 Å². The van der Waals surface area contributed by atoms with Gasteiger partial charge >= 0.3 is 0 Å². The Bertz CT molecular complexity index is 610. The zero-order valence-corrected chi connectivity index (χ0v) is 10.6. The molecule has 20 heavy (non-hydrogen) atoms. The largest absolute Gasteiger partial charge is 0.269 e. The van der Waals surface area contributed by atoms with Gasteiger partial charge in [-0.2, -0.15) is 0 Å². The van der Waals surface area contributed by atoms with Gasteiger partial charge in [0, 0.05) is 24.0 Å². The first-order chi connectivity index (χ1) is 9.75. The lowest BCUT2D eigenvalue weighted by Crippen LogP contribution is -2.40. The molecule has 0 aliphatic carbocycles. The lowest BCUT2D eigenvalue weighted by Gasteiger charge is -2.04. The number of rotatable bonds is 3. The van der Waals surface area contributed by atoms with Gasteiger partial charge in [0.2, 0.25) is 0 Å². The Labute approximate surface area is 116 Å². The zero-order chi connectivity index (χ0) is 14.2. The smallest absolute Gasteiger partial charge is 0.268 e. The summed E-state index contributed by atoms with van der Waals surface area (Å²) in [5.74, 6) is -0.785. The number of amides is 2. The molecule has 2 N–H and O–H groups in total. The summed E-state index contributed by atoms with van der Waals surface area (Å²) in [6, 6.07) is 12.2. The molecule has 2 aromatic rings. The van der Waals surface area contributed by atoms with E-state index < -0.39 is 5.91 Å². The number of aromatic nitrogens is 1. The van der Waals surface area contributed by atoms with Crippen LogP contribution in [-0.2, 0) is 4.79 Å². The number of carbonyl (C=O) groups is 2. The van der Waals surface area contributed by atoms with Crippen molar-refractivity contribution in [2.75, 3.05) is 0 Å². The molecule has 0 fully saturated rings. The second-order valence-electron chi connectivity index (χ2n) is 3.93.